The van der Waals surface area contributed by atoms with Gasteiger partial charge in [-0.3, -0.25) is 0 Å². The zero-order valence-corrected chi connectivity index (χ0v) is 10.5. The summed E-state index contributed by atoms with van der Waals surface area (Å²) in [5, 5.41) is 2.57. The van der Waals surface area contributed by atoms with Gasteiger partial charge >= 0.3 is 6.09 Å². The van der Waals surface area contributed by atoms with E-state index in [-0.39, 0.29) is 5.60 Å². The fourth-order valence-corrected chi connectivity index (χ4v) is 1.45. The van der Waals surface area contributed by atoms with Crippen molar-refractivity contribution in [1.29, 1.82) is 0 Å². The van der Waals surface area contributed by atoms with Crippen LogP contribution in [0.5, 0.6) is 0 Å². The van der Waals surface area contributed by atoms with E-state index in [1.54, 1.807) is 0 Å². The van der Waals surface area contributed by atoms with Gasteiger partial charge in [-0.1, -0.05) is 30.3 Å². The average molecular weight is 237 g/mol. The summed E-state index contributed by atoms with van der Waals surface area (Å²) in [6.07, 6.45) is -0.439. The maximum absolute atomic E-state index is 10.8. The summed E-state index contributed by atoms with van der Waals surface area (Å²) in [4.78, 5) is 10.8. The van der Waals surface area contributed by atoms with Crippen molar-refractivity contribution < 1.29 is 14.3 Å². The third-order valence-corrected chi connectivity index (χ3v) is 2.49. The number of hydrogen-bond acceptors (Lipinski definition) is 3. The molecule has 1 rings (SSSR count). The Morgan fingerprint density at radius 2 is 1.94 bits per heavy atom. The number of carbonyl (C=O) groups excluding carboxylic acids is 1. The molecule has 0 heterocycles. The first-order valence-electron chi connectivity index (χ1n) is 5.57. The molecule has 0 atom stereocenters. The molecule has 0 spiro atoms. The monoisotopic (exact) mass is 237 g/mol. The highest BCUT2D eigenvalue weighted by Crippen LogP contribution is 2.23. The molecule has 1 amide bonds. The quantitative estimate of drug-likeness (QED) is 0.799. The van der Waals surface area contributed by atoms with Crippen molar-refractivity contribution >= 4 is 6.09 Å². The van der Waals surface area contributed by atoms with E-state index < -0.39 is 6.09 Å². The van der Waals surface area contributed by atoms with E-state index in [1.165, 1.54) is 7.11 Å². The maximum atomic E-state index is 10.8. The van der Waals surface area contributed by atoms with Crippen LogP contribution in [0.4, 0.5) is 4.79 Å². The molecular weight excluding hydrogens is 218 g/mol. The van der Waals surface area contributed by atoms with Crippen molar-refractivity contribution in [3.63, 3.8) is 0 Å². The SMILES string of the molecule is COC(=O)NCCOC(C)(C)c1ccccc1. The Morgan fingerprint density at radius 3 is 2.53 bits per heavy atom. The van der Waals surface area contributed by atoms with Gasteiger partial charge < -0.3 is 14.8 Å². The largest absolute Gasteiger partial charge is 0.453 e. The molecule has 17 heavy (non-hydrogen) atoms. The Bertz CT molecular complexity index is 349. The minimum Gasteiger partial charge on any atom is -0.453 e. The predicted molar refractivity (Wildman–Crippen MR) is 65.8 cm³/mol. The standard InChI is InChI=1S/C13H19NO3/c1-13(2,11-7-5-4-6-8-11)17-10-9-14-12(15)16-3/h4-8H,9-10H2,1-3H3,(H,14,15). The fourth-order valence-electron chi connectivity index (χ4n) is 1.45. The van der Waals surface area contributed by atoms with Crippen LogP contribution < -0.4 is 5.32 Å². The second-order valence-corrected chi connectivity index (χ2v) is 4.14. The number of ether oxygens (including phenoxy) is 2. The lowest BCUT2D eigenvalue weighted by molar-refractivity contribution is -0.0195. The Morgan fingerprint density at radius 1 is 1.29 bits per heavy atom. The van der Waals surface area contributed by atoms with Crippen molar-refractivity contribution in [2.75, 3.05) is 20.3 Å². The Kier molecular flexibility index (Phi) is 4.97. The normalized spacial score (nSPS) is 11.0. The van der Waals surface area contributed by atoms with E-state index >= 15 is 0 Å². The molecule has 0 saturated carbocycles. The second-order valence-electron chi connectivity index (χ2n) is 4.14. The highest BCUT2D eigenvalue weighted by atomic mass is 16.5. The highest BCUT2D eigenvalue weighted by molar-refractivity contribution is 5.66. The van der Waals surface area contributed by atoms with Crippen molar-refractivity contribution in [3.8, 4) is 0 Å². The van der Waals surface area contributed by atoms with Gasteiger partial charge in [-0.15, -0.1) is 0 Å². The van der Waals surface area contributed by atoms with Gasteiger partial charge in [0.1, 0.15) is 0 Å². The van der Waals surface area contributed by atoms with Crippen molar-refractivity contribution in [1.82, 2.24) is 5.32 Å². The lowest BCUT2D eigenvalue weighted by atomic mass is 9.98. The number of rotatable bonds is 5. The number of methoxy groups -OCH3 is 1. The molecule has 0 saturated heterocycles. The fraction of sp³-hybridized carbons (Fsp3) is 0.462. The van der Waals surface area contributed by atoms with E-state index in [1.807, 2.05) is 44.2 Å². The van der Waals surface area contributed by atoms with Gasteiger partial charge in [0.2, 0.25) is 0 Å². The Hall–Kier alpha value is -1.55. The molecule has 0 aromatic heterocycles. The summed E-state index contributed by atoms with van der Waals surface area (Å²) in [7, 11) is 1.34. The summed E-state index contributed by atoms with van der Waals surface area (Å²) < 4.78 is 10.2. The van der Waals surface area contributed by atoms with Crippen LogP contribution in [0, 0.1) is 0 Å². The van der Waals surface area contributed by atoms with E-state index in [4.69, 9.17) is 4.74 Å². The number of nitrogens with one attached hydrogen (secondary N) is 1. The van der Waals surface area contributed by atoms with Gasteiger partial charge in [-0.25, -0.2) is 4.79 Å². The van der Waals surface area contributed by atoms with Crippen LogP contribution in [-0.4, -0.2) is 26.4 Å². The Balaban J connectivity index is 2.38. The van der Waals surface area contributed by atoms with Gasteiger partial charge in [-0.2, -0.15) is 0 Å². The second kappa shape index (κ2) is 6.25. The zero-order chi connectivity index (χ0) is 12.7. The first-order chi connectivity index (χ1) is 8.06. The first kappa shape index (κ1) is 13.5. The van der Waals surface area contributed by atoms with Crippen molar-refractivity contribution in [2.45, 2.75) is 19.4 Å². The van der Waals surface area contributed by atoms with Gasteiger partial charge in [0.15, 0.2) is 0 Å². The van der Waals surface area contributed by atoms with Gasteiger partial charge in [0.25, 0.3) is 0 Å². The average Bonchev–Trinajstić information content (AvgIpc) is 2.35. The van der Waals surface area contributed by atoms with Gasteiger partial charge in [0, 0.05) is 6.54 Å². The smallest absolute Gasteiger partial charge is 0.406 e. The van der Waals surface area contributed by atoms with Crippen LogP contribution in [0.3, 0.4) is 0 Å². The molecule has 0 unspecified atom stereocenters. The van der Waals surface area contributed by atoms with Crippen LogP contribution >= 0.6 is 0 Å². The van der Waals surface area contributed by atoms with Crippen LogP contribution in [0.15, 0.2) is 30.3 Å². The number of benzene rings is 1. The summed E-state index contributed by atoms with van der Waals surface area (Å²) in [6.45, 7) is 4.88. The third kappa shape index (κ3) is 4.44. The van der Waals surface area contributed by atoms with Crippen LogP contribution in [0.25, 0.3) is 0 Å². The summed E-state index contributed by atoms with van der Waals surface area (Å²) in [5.41, 5.74) is 0.747. The molecule has 0 aliphatic rings. The number of carbonyl (C=O) groups is 1. The molecular formula is C13H19NO3. The number of amides is 1. The van der Waals surface area contributed by atoms with Crippen LogP contribution in [-0.2, 0) is 15.1 Å². The van der Waals surface area contributed by atoms with Gasteiger partial charge in [0.05, 0.1) is 19.3 Å². The lowest BCUT2D eigenvalue weighted by Crippen LogP contribution is -2.30. The highest BCUT2D eigenvalue weighted by Gasteiger charge is 2.20. The molecule has 0 fully saturated rings. The molecule has 0 bridgehead atoms. The molecule has 4 nitrogen and oxygen atoms in total. The minimum absolute atomic E-state index is 0.362. The molecule has 1 aromatic carbocycles. The predicted octanol–water partition coefficient (Wildman–Crippen LogP) is 2.29. The third-order valence-electron chi connectivity index (χ3n) is 2.49. The van der Waals surface area contributed by atoms with Crippen LogP contribution in [0.2, 0.25) is 0 Å². The Labute approximate surface area is 102 Å². The molecule has 1 aromatic rings. The maximum Gasteiger partial charge on any atom is 0.406 e. The van der Waals surface area contributed by atoms with Crippen molar-refractivity contribution in [3.05, 3.63) is 35.9 Å². The van der Waals surface area contributed by atoms with Gasteiger partial charge in [-0.05, 0) is 19.4 Å². The van der Waals surface area contributed by atoms with E-state index in [9.17, 15) is 4.79 Å². The zero-order valence-electron chi connectivity index (χ0n) is 10.5. The van der Waals surface area contributed by atoms with E-state index in [0.29, 0.717) is 13.2 Å². The number of alkyl carbamates (subject to hydrolysis) is 1. The minimum atomic E-state index is -0.439. The molecule has 4 heteroatoms. The molecule has 0 aliphatic heterocycles. The number of hydrogen-bond donors (Lipinski definition) is 1. The van der Waals surface area contributed by atoms with E-state index in [2.05, 4.69) is 10.1 Å². The molecule has 94 valence electrons. The van der Waals surface area contributed by atoms with Crippen molar-refractivity contribution in [2.24, 2.45) is 0 Å². The lowest BCUT2D eigenvalue weighted by Gasteiger charge is -2.26. The molecule has 1 N–H and O–H groups in total. The summed E-state index contributed by atoms with van der Waals surface area (Å²) in [5.74, 6) is 0. The van der Waals surface area contributed by atoms with Crippen LogP contribution in [0.1, 0.15) is 19.4 Å². The van der Waals surface area contributed by atoms with E-state index in [0.717, 1.165) is 5.56 Å². The molecule has 0 radical (unpaired) electrons. The topological polar surface area (TPSA) is 47.6 Å². The first-order valence-corrected chi connectivity index (χ1v) is 5.57. The summed E-state index contributed by atoms with van der Waals surface area (Å²) in [6, 6.07) is 9.97. The molecule has 0 aliphatic carbocycles. The summed E-state index contributed by atoms with van der Waals surface area (Å²) >= 11 is 0.